The molecule has 9 amide bonds. The standard InChI is InChI=1S/C76H119N21O14/c1-13-46(6)63(70(105)90-58(38-53-40-81-43-84-53)72(107)97-34-18-22-60(97)68(103)94-64(51-19-15-14-16-20-51)71(106)89-57(37-52-39-80-42-83-52)66(101)91-59(73(108)109)35-44(2)3)93-67(102)56(36-50-23-25-54(98)26-24-50)88-69(104)62(45(4)5)92-65(100)55(21-17-30-82-74(77)78)87-61(99)41-79-31-27-49(28-32-85-75(9,10)47(7)95-110)29-33-86-76(11,12)48(8)96-111/h14-16,19-20,23-26,39-40,42-46,49,55-60,62-64,79,85-86,98,110-111H,13,17-18,21-22,27-38,41H2,1-12H3,(H,80,83)(H,81,84)(H,87,99)(H,88,104)(H,89,106)(H,90,105)(H,91,101)(H,92,100)(H,93,102)(H,94,103)(H,108,109)(H4,77,78,82)/b95-47-,96-48+/t46?,49?,55-,56-,57-,58-,59-,60-,62?,63-,64-/m0/s1. The number of benzene rings is 2. The lowest BCUT2D eigenvalue weighted by molar-refractivity contribution is -0.143. The van der Waals surface area contributed by atoms with Crippen LogP contribution in [0.4, 0.5) is 0 Å². The number of hydrogen-bond acceptors (Lipinski definition) is 21. The molecule has 0 spiro atoms. The van der Waals surface area contributed by atoms with Crippen molar-refractivity contribution in [1.82, 2.24) is 88.6 Å². The third-order valence-electron chi connectivity index (χ3n) is 20.1. The van der Waals surface area contributed by atoms with Crippen LogP contribution in [0.1, 0.15) is 169 Å². The van der Waals surface area contributed by atoms with E-state index in [0.29, 0.717) is 72.8 Å². The van der Waals surface area contributed by atoms with Gasteiger partial charge in [-0.3, -0.25) is 48.6 Å². The number of guanidine groups is 1. The topological polar surface area (TPSA) is 531 Å². The Morgan fingerprint density at radius 2 is 1.15 bits per heavy atom. The Hall–Kier alpha value is -10.6. The number of H-pyrrole nitrogens is 2. The van der Waals surface area contributed by atoms with Crippen LogP contribution in [0.3, 0.4) is 0 Å². The van der Waals surface area contributed by atoms with Crippen molar-refractivity contribution in [1.29, 1.82) is 5.41 Å². The lowest BCUT2D eigenvalue weighted by atomic mass is 9.94. The summed E-state index contributed by atoms with van der Waals surface area (Å²) in [7, 11) is 0. The first-order valence-electron chi connectivity index (χ1n) is 38.0. The molecule has 35 nitrogen and oxygen atoms in total. The highest BCUT2D eigenvalue weighted by atomic mass is 16.4. The molecular formula is C76H119N21O14. The molecule has 111 heavy (non-hydrogen) atoms. The average Bonchev–Trinajstić information content (AvgIpc) is 1.74. The lowest BCUT2D eigenvalue weighted by Crippen LogP contribution is -2.62. The summed E-state index contributed by atoms with van der Waals surface area (Å²) in [4.78, 5) is 160. The minimum Gasteiger partial charge on any atom is -0.508 e. The lowest BCUT2D eigenvalue weighted by Gasteiger charge is -2.32. The molecule has 4 aromatic rings. The Kier molecular flexibility index (Phi) is 36.9. The maximum Gasteiger partial charge on any atom is 0.326 e. The number of aromatic amines is 2. The van der Waals surface area contributed by atoms with Crippen LogP contribution in [-0.4, -0.2) is 221 Å². The van der Waals surface area contributed by atoms with Gasteiger partial charge >= 0.3 is 5.97 Å². The zero-order valence-corrected chi connectivity index (χ0v) is 65.9. The normalized spacial score (nSPS) is 16.1. The zero-order valence-electron chi connectivity index (χ0n) is 65.9. The summed E-state index contributed by atoms with van der Waals surface area (Å²) in [5.41, 5.74) is 6.94. The molecule has 0 radical (unpaired) electrons. The summed E-state index contributed by atoms with van der Waals surface area (Å²) >= 11 is 0. The van der Waals surface area contributed by atoms with Crippen LogP contribution in [0.15, 0.2) is 90.0 Å². The first-order chi connectivity index (χ1) is 52.6. The highest BCUT2D eigenvalue weighted by Crippen LogP contribution is 2.24. The number of carbonyl (C=O) groups is 10. The minimum absolute atomic E-state index is 0.0423. The minimum atomic E-state index is -1.46. The van der Waals surface area contributed by atoms with Crippen LogP contribution in [0.2, 0.25) is 0 Å². The Morgan fingerprint density at radius 3 is 1.69 bits per heavy atom. The summed E-state index contributed by atoms with van der Waals surface area (Å²) in [5.74, 6) is -9.70. The van der Waals surface area contributed by atoms with Gasteiger partial charge in [-0.25, -0.2) is 14.8 Å². The number of imidazole rings is 2. The number of amides is 9. The van der Waals surface area contributed by atoms with Gasteiger partial charge in [-0.2, -0.15) is 0 Å². The van der Waals surface area contributed by atoms with Crippen molar-refractivity contribution < 1.29 is 68.6 Å². The number of likely N-dealkylation sites (tertiary alicyclic amines) is 1. The van der Waals surface area contributed by atoms with Gasteiger partial charge in [-0.05, 0) is 159 Å². The molecule has 21 N–H and O–H groups in total. The molecule has 1 aliphatic rings. The van der Waals surface area contributed by atoms with Crippen molar-refractivity contribution in [2.45, 2.75) is 226 Å². The smallest absolute Gasteiger partial charge is 0.326 e. The number of nitrogens with one attached hydrogen (secondary N) is 15. The van der Waals surface area contributed by atoms with Gasteiger partial charge in [0.05, 0.1) is 53.1 Å². The van der Waals surface area contributed by atoms with E-state index >= 15 is 14.4 Å². The highest BCUT2D eigenvalue weighted by molar-refractivity contribution is 5.99. The molecule has 1 aliphatic heterocycles. The van der Waals surface area contributed by atoms with Crippen LogP contribution in [0.5, 0.6) is 5.75 Å². The fraction of sp³-hybridized carbons (Fsp3) is 0.592. The molecule has 612 valence electrons. The Balaban J connectivity index is 1.35. The summed E-state index contributed by atoms with van der Waals surface area (Å²) < 4.78 is 0. The largest absolute Gasteiger partial charge is 0.508 e. The van der Waals surface area contributed by atoms with Gasteiger partial charge in [0, 0.05) is 44.7 Å². The second-order valence-corrected chi connectivity index (χ2v) is 30.2. The third-order valence-corrected chi connectivity index (χ3v) is 20.1. The van der Waals surface area contributed by atoms with Gasteiger partial charge in [-0.1, -0.05) is 101 Å². The van der Waals surface area contributed by atoms with E-state index in [0.717, 1.165) is 12.8 Å². The number of hydrogen-bond donors (Lipinski definition) is 20. The molecule has 11 atom stereocenters. The number of phenols is 1. The number of carbonyl (C=O) groups excluding carboxylic acids is 9. The Bertz CT molecular complexity index is 3690. The molecule has 3 heterocycles. The van der Waals surface area contributed by atoms with Gasteiger partial charge in [-0.15, -0.1) is 0 Å². The third kappa shape index (κ3) is 30.0. The monoisotopic (exact) mass is 1550 g/mol. The van der Waals surface area contributed by atoms with Crippen LogP contribution >= 0.6 is 0 Å². The number of aromatic hydroxyl groups is 1. The van der Waals surface area contributed by atoms with Gasteiger partial charge < -0.3 is 105 Å². The molecule has 0 bridgehead atoms. The van der Waals surface area contributed by atoms with E-state index < -0.39 is 136 Å². The predicted octanol–water partition coefficient (Wildman–Crippen LogP) is 2.02. The van der Waals surface area contributed by atoms with Crippen molar-refractivity contribution in [3.63, 3.8) is 0 Å². The van der Waals surface area contributed by atoms with Crippen LogP contribution < -0.4 is 69.5 Å². The molecule has 0 aliphatic carbocycles. The molecular weight excluding hydrogens is 1430 g/mol. The zero-order chi connectivity index (χ0) is 82.1. The Labute approximate surface area is 648 Å². The van der Waals surface area contributed by atoms with Gasteiger partial charge in [0.2, 0.25) is 53.2 Å². The highest BCUT2D eigenvalue weighted by Gasteiger charge is 2.42. The average molecular weight is 1550 g/mol. The van der Waals surface area contributed by atoms with Crippen molar-refractivity contribution in [3.8, 4) is 5.75 Å². The van der Waals surface area contributed by atoms with Gasteiger partial charge in [0.25, 0.3) is 0 Å². The SMILES string of the molecule is CCC(C)[C@H](NC(=O)[C@H](Cc1ccc(O)cc1)NC(=O)C(NC(=O)[C@H](CCCNC(=N)N)NC(=O)CNCCC(CCNC(C)(C)/C(C)=N\O)CCNC(C)(C)/C(C)=N/O)C(C)C)C(=O)N[C@@H](Cc1c[nH]cn1)C(=O)N1CCC[C@H]1C(=O)N[C@H](C(=O)N[C@@H](Cc1c[nH]cn1)C(=O)N[C@@H](CC(C)C)C(=O)O)c1ccccc1. The first-order valence-corrected chi connectivity index (χ1v) is 38.0. The molecule has 2 aromatic carbocycles. The van der Waals surface area contributed by atoms with Crippen LogP contribution in [0, 0.1) is 29.1 Å². The summed E-state index contributed by atoms with van der Waals surface area (Å²) in [6.07, 6.45) is 8.51. The molecule has 0 saturated carbocycles. The number of nitrogens with two attached hydrogens (primary N) is 1. The molecule has 5 rings (SSSR count). The van der Waals surface area contributed by atoms with Crippen molar-refractivity contribution in [2.24, 2.45) is 39.7 Å². The number of phenolic OH excluding ortho intramolecular Hbond substituents is 1. The van der Waals surface area contributed by atoms with Crippen molar-refractivity contribution in [3.05, 3.63) is 102 Å². The van der Waals surface area contributed by atoms with Crippen molar-refractivity contribution >= 4 is 76.5 Å². The summed E-state index contributed by atoms with van der Waals surface area (Å²) in [5, 5.41) is 88.5. The molecule has 1 saturated heterocycles. The molecule has 1 fully saturated rings. The van der Waals surface area contributed by atoms with E-state index in [4.69, 9.17) is 11.1 Å². The second-order valence-electron chi connectivity index (χ2n) is 30.2. The van der Waals surface area contributed by atoms with Gasteiger partial charge in [0.15, 0.2) is 5.96 Å². The molecule has 3 unspecified atom stereocenters. The van der Waals surface area contributed by atoms with E-state index in [1.54, 1.807) is 97.9 Å². The van der Waals surface area contributed by atoms with Gasteiger partial charge in [0.1, 0.15) is 60.1 Å². The van der Waals surface area contributed by atoms with E-state index in [2.05, 4.69) is 94.0 Å². The van der Waals surface area contributed by atoms with E-state index in [-0.39, 0.29) is 88.1 Å². The van der Waals surface area contributed by atoms with E-state index in [9.17, 15) is 54.2 Å². The van der Waals surface area contributed by atoms with Crippen molar-refractivity contribution in [2.75, 3.05) is 39.3 Å². The molecule has 2 aromatic heterocycles. The fourth-order valence-corrected chi connectivity index (χ4v) is 12.6. The first kappa shape index (κ1) is 91.1. The quantitative estimate of drug-likeness (QED) is 0.00989. The second kappa shape index (κ2) is 44.9. The number of aromatic nitrogens is 4. The number of nitrogens with zero attached hydrogens (tertiary/aromatic N) is 5. The number of rotatable bonds is 48. The fourth-order valence-electron chi connectivity index (χ4n) is 12.6. The number of carboxylic acid groups (broad SMARTS) is 1. The Morgan fingerprint density at radius 1 is 0.631 bits per heavy atom. The number of oxime groups is 2. The van der Waals surface area contributed by atoms with Crippen LogP contribution in [0.25, 0.3) is 0 Å². The summed E-state index contributed by atoms with van der Waals surface area (Å²) in [6.45, 7) is 23.1. The number of carboxylic acids is 1. The van der Waals surface area contributed by atoms with E-state index in [1.807, 2.05) is 27.7 Å². The van der Waals surface area contributed by atoms with E-state index in [1.165, 1.54) is 42.1 Å². The van der Waals surface area contributed by atoms with Crippen LogP contribution in [-0.2, 0) is 67.2 Å². The maximum atomic E-state index is 15.2. The number of aliphatic carboxylic acids is 1. The maximum absolute atomic E-state index is 15.2. The molecule has 35 heteroatoms. The summed E-state index contributed by atoms with van der Waals surface area (Å²) in [6, 6.07) is 1.95. The predicted molar refractivity (Wildman–Crippen MR) is 417 cm³/mol.